The van der Waals surface area contributed by atoms with Gasteiger partial charge in [0.2, 0.25) is 0 Å². The number of hydrogen-bond donors (Lipinski definition) is 2. The molecule has 1 atom stereocenters. The molecule has 5 heteroatoms. The Morgan fingerprint density at radius 1 is 1.26 bits per heavy atom. The first-order valence-corrected chi connectivity index (χ1v) is 7.57. The molecule has 0 bridgehead atoms. The number of rotatable bonds is 6. The van der Waals surface area contributed by atoms with Crippen molar-refractivity contribution < 1.29 is 14.3 Å². The third-order valence-electron chi connectivity index (χ3n) is 3.84. The van der Waals surface area contributed by atoms with E-state index < -0.39 is 0 Å². The number of amides is 2. The number of carbonyl (C=O) groups excluding carboxylic acids is 1. The Morgan fingerprint density at radius 2 is 2.05 bits per heavy atom. The van der Waals surface area contributed by atoms with Crippen molar-refractivity contribution in [3.8, 4) is 0 Å². The van der Waals surface area contributed by atoms with E-state index in [1.54, 1.807) is 0 Å². The highest BCUT2D eigenvalue weighted by Gasteiger charge is 2.43. The minimum atomic E-state index is -0.329. The average molecular weight is 270 g/mol. The van der Waals surface area contributed by atoms with Crippen LogP contribution in [0.1, 0.15) is 51.9 Å². The summed E-state index contributed by atoms with van der Waals surface area (Å²) in [7, 11) is 0. The normalized spacial score (nSPS) is 24.8. The van der Waals surface area contributed by atoms with Gasteiger partial charge in [-0.2, -0.15) is 0 Å². The molecule has 19 heavy (non-hydrogen) atoms. The van der Waals surface area contributed by atoms with Gasteiger partial charge < -0.3 is 20.1 Å². The number of ether oxygens (including phenoxy) is 2. The first kappa shape index (κ1) is 14.6. The van der Waals surface area contributed by atoms with E-state index in [0.29, 0.717) is 13.2 Å². The molecule has 0 aromatic rings. The Bertz CT molecular complexity index is 290. The molecule has 1 aliphatic carbocycles. The van der Waals surface area contributed by atoms with E-state index in [1.165, 1.54) is 19.3 Å². The summed E-state index contributed by atoms with van der Waals surface area (Å²) >= 11 is 0. The molecule has 2 fully saturated rings. The van der Waals surface area contributed by atoms with Crippen LogP contribution in [0.4, 0.5) is 4.79 Å². The number of hydrogen-bond acceptors (Lipinski definition) is 3. The van der Waals surface area contributed by atoms with E-state index in [9.17, 15) is 4.79 Å². The molecule has 1 aliphatic heterocycles. The van der Waals surface area contributed by atoms with E-state index in [0.717, 1.165) is 32.2 Å². The second-order valence-corrected chi connectivity index (χ2v) is 5.51. The molecule has 1 saturated carbocycles. The van der Waals surface area contributed by atoms with Crippen LogP contribution >= 0.6 is 0 Å². The summed E-state index contributed by atoms with van der Waals surface area (Å²) < 4.78 is 11.7. The fraction of sp³-hybridized carbons (Fsp3) is 0.929. The molecule has 2 N–H and O–H groups in total. The fourth-order valence-electron chi connectivity index (χ4n) is 2.74. The van der Waals surface area contributed by atoms with E-state index in [1.807, 2.05) is 0 Å². The summed E-state index contributed by atoms with van der Waals surface area (Å²) in [5.74, 6) is -0.329. The van der Waals surface area contributed by atoms with Crippen molar-refractivity contribution in [3.05, 3.63) is 0 Å². The fourth-order valence-corrected chi connectivity index (χ4v) is 2.74. The molecule has 2 amide bonds. The predicted octanol–water partition coefficient (Wildman–Crippen LogP) is 2.16. The van der Waals surface area contributed by atoms with Gasteiger partial charge in [-0.05, 0) is 19.3 Å². The number of unbranched alkanes of at least 4 members (excludes halogenated alkanes) is 2. The van der Waals surface area contributed by atoms with Gasteiger partial charge in [-0.3, -0.25) is 0 Å². The summed E-state index contributed by atoms with van der Waals surface area (Å²) in [6, 6.07) is -0.105. The molecule has 5 nitrogen and oxygen atoms in total. The third-order valence-corrected chi connectivity index (χ3v) is 3.84. The van der Waals surface area contributed by atoms with Crippen LogP contribution in [0.5, 0.6) is 0 Å². The minimum absolute atomic E-state index is 0.000471. The first-order valence-electron chi connectivity index (χ1n) is 7.57. The molecule has 0 radical (unpaired) electrons. The van der Waals surface area contributed by atoms with Crippen molar-refractivity contribution in [3.63, 3.8) is 0 Å². The quantitative estimate of drug-likeness (QED) is 0.727. The molecule has 2 rings (SSSR count). The summed E-state index contributed by atoms with van der Waals surface area (Å²) in [6.45, 7) is 4.01. The van der Waals surface area contributed by atoms with Gasteiger partial charge in [0.25, 0.3) is 0 Å². The molecule has 1 unspecified atom stereocenters. The van der Waals surface area contributed by atoms with E-state index in [-0.39, 0.29) is 17.9 Å². The van der Waals surface area contributed by atoms with Gasteiger partial charge in [0.1, 0.15) is 6.10 Å². The maximum atomic E-state index is 11.6. The molecule has 1 heterocycles. The Morgan fingerprint density at radius 3 is 2.79 bits per heavy atom. The zero-order valence-corrected chi connectivity index (χ0v) is 11.9. The summed E-state index contributed by atoms with van der Waals surface area (Å²) in [4.78, 5) is 11.6. The van der Waals surface area contributed by atoms with Crippen molar-refractivity contribution in [2.75, 3.05) is 19.7 Å². The molecule has 2 aliphatic rings. The van der Waals surface area contributed by atoms with Crippen LogP contribution < -0.4 is 10.6 Å². The SMILES string of the molecule is CCCCCNC(=O)NCC1COC2(CCCC2)O1. The first-order chi connectivity index (χ1) is 9.24. The molecule has 110 valence electrons. The van der Waals surface area contributed by atoms with Crippen LogP contribution in [0.3, 0.4) is 0 Å². The second-order valence-electron chi connectivity index (χ2n) is 5.51. The summed E-state index contributed by atoms with van der Waals surface area (Å²) in [5.41, 5.74) is 0. The standard InChI is InChI=1S/C14H26N2O3/c1-2-3-6-9-15-13(17)16-10-12-11-18-14(19-12)7-4-5-8-14/h12H,2-11H2,1H3,(H2,15,16,17). The van der Waals surface area contributed by atoms with Crippen molar-refractivity contribution in [1.82, 2.24) is 10.6 Å². The van der Waals surface area contributed by atoms with Gasteiger partial charge in [0.15, 0.2) is 5.79 Å². The number of carbonyl (C=O) groups is 1. The van der Waals surface area contributed by atoms with Gasteiger partial charge in [-0.25, -0.2) is 4.79 Å². The van der Waals surface area contributed by atoms with Gasteiger partial charge in [-0.1, -0.05) is 19.8 Å². The van der Waals surface area contributed by atoms with Gasteiger partial charge >= 0.3 is 6.03 Å². The van der Waals surface area contributed by atoms with Crippen LogP contribution in [0.25, 0.3) is 0 Å². The average Bonchev–Trinajstić information content (AvgIpc) is 3.03. The van der Waals surface area contributed by atoms with Crippen LogP contribution in [0.2, 0.25) is 0 Å². The third kappa shape index (κ3) is 4.35. The largest absolute Gasteiger partial charge is 0.347 e. The highest BCUT2D eigenvalue weighted by atomic mass is 16.7. The lowest BCUT2D eigenvalue weighted by Gasteiger charge is -2.21. The van der Waals surface area contributed by atoms with Crippen molar-refractivity contribution in [1.29, 1.82) is 0 Å². The molecule has 1 saturated heterocycles. The predicted molar refractivity (Wildman–Crippen MR) is 73.0 cm³/mol. The molecule has 0 aromatic heterocycles. The van der Waals surface area contributed by atoms with Gasteiger partial charge in [0.05, 0.1) is 6.61 Å². The van der Waals surface area contributed by atoms with Crippen LogP contribution in [0.15, 0.2) is 0 Å². The molecule has 1 spiro atoms. The van der Waals surface area contributed by atoms with Crippen molar-refractivity contribution >= 4 is 6.03 Å². The molecule has 0 aromatic carbocycles. The minimum Gasteiger partial charge on any atom is -0.347 e. The monoisotopic (exact) mass is 270 g/mol. The molecular formula is C14H26N2O3. The van der Waals surface area contributed by atoms with Gasteiger partial charge in [0, 0.05) is 25.9 Å². The Balaban J connectivity index is 1.57. The van der Waals surface area contributed by atoms with E-state index >= 15 is 0 Å². The van der Waals surface area contributed by atoms with Crippen LogP contribution in [-0.2, 0) is 9.47 Å². The maximum absolute atomic E-state index is 11.6. The van der Waals surface area contributed by atoms with Crippen LogP contribution in [-0.4, -0.2) is 37.6 Å². The lowest BCUT2D eigenvalue weighted by molar-refractivity contribution is -0.160. The van der Waals surface area contributed by atoms with Gasteiger partial charge in [-0.15, -0.1) is 0 Å². The number of urea groups is 1. The van der Waals surface area contributed by atoms with E-state index in [4.69, 9.17) is 9.47 Å². The zero-order valence-electron chi connectivity index (χ0n) is 11.9. The van der Waals surface area contributed by atoms with Crippen LogP contribution in [0, 0.1) is 0 Å². The zero-order chi connectivity index (χ0) is 13.6. The summed E-state index contributed by atoms with van der Waals surface area (Å²) in [6.07, 6.45) is 7.70. The highest BCUT2D eigenvalue weighted by Crippen LogP contribution is 2.38. The van der Waals surface area contributed by atoms with E-state index in [2.05, 4.69) is 17.6 Å². The summed E-state index contributed by atoms with van der Waals surface area (Å²) in [5, 5.41) is 5.71. The number of nitrogens with one attached hydrogen (secondary N) is 2. The van der Waals surface area contributed by atoms with Crippen molar-refractivity contribution in [2.45, 2.75) is 63.8 Å². The Kier molecular flexibility index (Phi) is 5.45. The maximum Gasteiger partial charge on any atom is 0.314 e. The topological polar surface area (TPSA) is 59.6 Å². The lowest BCUT2D eigenvalue weighted by atomic mass is 10.2. The Hall–Kier alpha value is -0.810. The Labute approximate surface area is 115 Å². The molecular weight excluding hydrogens is 244 g/mol. The second kappa shape index (κ2) is 7.10. The van der Waals surface area contributed by atoms with Crippen molar-refractivity contribution in [2.24, 2.45) is 0 Å². The smallest absolute Gasteiger partial charge is 0.314 e. The lowest BCUT2D eigenvalue weighted by Crippen LogP contribution is -2.41. The highest BCUT2D eigenvalue weighted by molar-refractivity contribution is 5.73.